The highest BCUT2D eigenvalue weighted by Gasteiger charge is 2.01. The maximum Gasteiger partial charge on any atom is 0.199 e. The molecule has 0 unspecified atom stereocenters. The van der Waals surface area contributed by atoms with Crippen LogP contribution >= 0.6 is 12.2 Å². The molecule has 0 aromatic carbocycles. The van der Waals surface area contributed by atoms with Crippen LogP contribution in [0.2, 0.25) is 0 Å². The standard InChI is InChI=1S/C7H8N6S/c8-6(10-9)4-1-2-5-11-12-7(14)13(5)3-4/h1-3H,9H2,(H2,8,10)(H,12,14). The molecule has 5 N–H and O–H groups in total. The number of nitrogens with one attached hydrogen (secondary N) is 1. The molecule has 0 spiro atoms. The fourth-order valence-electron chi connectivity index (χ4n) is 1.13. The lowest BCUT2D eigenvalue weighted by Gasteiger charge is -1.99. The largest absolute Gasteiger partial charge is 0.382 e. The predicted molar refractivity (Wildman–Crippen MR) is 55.3 cm³/mol. The molecule has 14 heavy (non-hydrogen) atoms. The van der Waals surface area contributed by atoms with Crippen LogP contribution in [-0.4, -0.2) is 20.4 Å². The van der Waals surface area contributed by atoms with Crippen LogP contribution in [0.1, 0.15) is 5.56 Å². The van der Waals surface area contributed by atoms with E-state index in [4.69, 9.17) is 23.8 Å². The van der Waals surface area contributed by atoms with Crippen molar-refractivity contribution < 1.29 is 0 Å². The number of nitrogens with two attached hydrogens (primary N) is 2. The summed E-state index contributed by atoms with van der Waals surface area (Å²) in [5, 5.41) is 10.0. The average molecular weight is 208 g/mol. The molecule has 0 aliphatic carbocycles. The SMILES string of the molecule is N/N=C(\N)c1ccc2n[nH]c(=S)n2c1. The number of nitrogens with zero attached hydrogens (tertiary/aromatic N) is 3. The van der Waals surface area contributed by atoms with Gasteiger partial charge in [-0.25, -0.2) is 0 Å². The highest BCUT2D eigenvalue weighted by atomic mass is 32.1. The molecule has 0 saturated heterocycles. The quantitative estimate of drug-likeness (QED) is 0.201. The molecule has 0 atom stereocenters. The van der Waals surface area contributed by atoms with Crippen LogP contribution in [0.5, 0.6) is 0 Å². The first-order valence-electron chi connectivity index (χ1n) is 3.83. The van der Waals surface area contributed by atoms with Gasteiger partial charge < -0.3 is 11.6 Å². The number of rotatable bonds is 1. The summed E-state index contributed by atoms with van der Waals surface area (Å²) in [6, 6.07) is 3.55. The highest BCUT2D eigenvalue weighted by molar-refractivity contribution is 7.71. The number of aromatic amines is 1. The minimum Gasteiger partial charge on any atom is -0.382 e. The maximum absolute atomic E-state index is 5.55. The van der Waals surface area contributed by atoms with Gasteiger partial charge in [0.1, 0.15) is 0 Å². The summed E-state index contributed by atoms with van der Waals surface area (Å²) < 4.78 is 2.20. The number of fused-ring (bicyclic) bond motifs is 1. The zero-order chi connectivity index (χ0) is 10.1. The van der Waals surface area contributed by atoms with Crippen molar-refractivity contribution in [1.82, 2.24) is 14.6 Å². The van der Waals surface area contributed by atoms with E-state index < -0.39 is 0 Å². The second-order valence-electron chi connectivity index (χ2n) is 2.69. The number of aromatic nitrogens is 3. The smallest absolute Gasteiger partial charge is 0.199 e. The topological polar surface area (TPSA) is 97.5 Å². The molecular weight excluding hydrogens is 200 g/mol. The number of amidine groups is 1. The summed E-state index contributed by atoms with van der Waals surface area (Å²) in [7, 11) is 0. The Hall–Kier alpha value is -1.89. The second-order valence-corrected chi connectivity index (χ2v) is 3.08. The average Bonchev–Trinajstić information content (AvgIpc) is 2.59. The number of H-pyrrole nitrogens is 1. The lowest BCUT2D eigenvalue weighted by molar-refractivity contribution is 1.07. The number of pyridine rings is 1. The Bertz CT molecular complexity index is 551. The molecule has 7 heteroatoms. The first-order valence-corrected chi connectivity index (χ1v) is 4.23. The van der Waals surface area contributed by atoms with E-state index >= 15 is 0 Å². The number of hydrogen-bond donors (Lipinski definition) is 3. The van der Waals surface area contributed by atoms with Crippen LogP contribution in [-0.2, 0) is 0 Å². The van der Waals surface area contributed by atoms with E-state index in [9.17, 15) is 0 Å². The fourth-order valence-corrected chi connectivity index (χ4v) is 1.32. The first kappa shape index (κ1) is 8.70. The molecule has 2 aromatic rings. The van der Waals surface area contributed by atoms with E-state index in [1.165, 1.54) is 0 Å². The van der Waals surface area contributed by atoms with Gasteiger partial charge in [0.25, 0.3) is 0 Å². The maximum atomic E-state index is 5.55. The first-order chi connectivity index (χ1) is 6.72. The molecule has 0 saturated carbocycles. The molecule has 0 fully saturated rings. The van der Waals surface area contributed by atoms with Gasteiger partial charge in [-0.1, -0.05) is 0 Å². The van der Waals surface area contributed by atoms with Crippen molar-refractivity contribution in [1.29, 1.82) is 0 Å². The van der Waals surface area contributed by atoms with Crippen molar-refractivity contribution in [3.8, 4) is 0 Å². The molecule has 0 aliphatic heterocycles. The summed E-state index contributed by atoms with van der Waals surface area (Å²) >= 11 is 5.00. The number of hydrogen-bond acceptors (Lipinski definition) is 4. The Kier molecular flexibility index (Phi) is 1.93. The van der Waals surface area contributed by atoms with Gasteiger partial charge in [-0.3, -0.25) is 9.50 Å². The third-order valence-electron chi connectivity index (χ3n) is 1.85. The molecule has 72 valence electrons. The van der Waals surface area contributed by atoms with Gasteiger partial charge in [0.15, 0.2) is 16.3 Å². The summed E-state index contributed by atoms with van der Waals surface area (Å²) in [6.07, 6.45) is 1.73. The van der Waals surface area contributed by atoms with Crippen molar-refractivity contribution in [2.45, 2.75) is 0 Å². The van der Waals surface area contributed by atoms with E-state index in [1.54, 1.807) is 22.7 Å². The third kappa shape index (κ3) is 1.23. The molecule has 0 aliphatic rings. The van der Waals surface area contributed by atoms with Crippen LogP contribution in [0.25, 0.3) is 5.65 Å². The molecule has 0 radical (unpaired) electrons. The van der Waals surface area contributed by atoms with Crippen molar-refractivity contribution in [3.05, 3.63) is 28.7 Å². The summed E-state index contributed by atoms with van der Waals surface area (Å²) in [6.45, 7) is 0. The molecule has 2 aromatic heterocycles. The molecule has 2 rings (SSSR count). The van der Waals surface area contributed by atoms with E-state index in [0.29, 0.717) is 10.3 Å². The molecule has 0 bridgehead atoms. The zero-order valence-corrected chi connectivity index (χ0v) is 7.95. The Morgan fingerprint density at radius 1 is 1.57 bits per heavy atom. The second kappa shape index (κ2) is 3.11. The summed E-state index contributed by atoms with van der Waals surface area (Å²) in [4.78, 5) is 0. The normalized spacial score (nSPS) is 12.1. The van der Waals surface area contributed by atoms with Gasteiger partial charge in [-0.2, -0.15) is 10.2 Å². The molecule has 0 amide bonds. The van der Waals surface area contributed by atoms with E-state index in [-0.39, 0.29) is 5.84 Å². The lowest BCUT2D eigenvalue weighted by atomic mass is 10.2. The molecule has 6 nitrogen and oxygen atoms in total. The Balaban J connectivity index is 2.72. The van der Waals surface area contributed by atoms with Crippen LogP contribution in [0.15, 0.2) is 23.4 Å². The predicted octanol–water partition coefficient (Wildman–Crippen LogP) is -0.0291. The monoisotopic (exact) mass is 208 g/mol. The minimum atomic E-state index is 0.259. The van der Waals surface area contributed by atoms with Crippen molar-refractivity contribution in [2.24, 2.45) is 16.7 Å². The Morgan fingerprint density at radius 3 is 3.07 bits per heavy atom. The van der Waals surface area contributed by atoms with Crippen LogP contribution in [0.3, 0.4) is 0 Å². The van der Waals surface area contributed by atoms with Crippen molar-refractivity contribution in [2.75, 3.05) is 0 Å². The van der Waals surface area contributed by atoms with E-state index in [2.05, 4.69) is 15.3 Å². The highest BCUT2D eigenvalue weighted by Crippen LogP contribution is 2.04. The lowest BCUT2D eigenvalue weighted by Crippen LogP contribution is -2.15. The number of hydrazone groups is 1. The van der Waals surface area contributed by atoms with Gasteiger partial charge in [0.2, 0.25) is 0 Å². The molecule has 2 heterocycles. The zero-order valence-electron chi connectivity index (χ0n) is 7.14. The van der Waals surface area contributed by atoms with Gasteiger partial charge >= 0.3 is 0 Å². The van der Waals surface area contributed by atoms with E-state index in [1.807, 2.05) is 0 Å². The summed E-state index contributed by atoms with van der Waals surface area (Å²) in [5.41, 5.74) is 6.98. The Labute approximate surface area is 84.2 Å². The molecular formula is C7H8N6S. The van der Waals surface area contributed by atoms with Crippen molar-refractivity contribution in [3.63, 3.8) is 0 Å². The third-order valence-corrected chi connectivity index (χ3v) is 2.13. The van der Waals surface area contributed by atoms with Gasteiger partial charge in [0.05, 0.1) is 0 Å². The van der Waals surface area contributed by atoms with Crippen LogP contribution in [0.4, 0.5) is 0 Å². The van der Waals surface area contributed by atoms with Gasteiger partial charge in [-0.05, 0) is 24.4 Å². The van der Waals surface area contributed by atoms with Crippen LogP contribution in [0, 0.1) is 4.77 Å². The summed E-state index contributed by atoms with van der Waals surface area (Å²) in [5.74, 6) is 5.32. The fraction of sp³-hybridized carbons (Fsp3) is 0. The minimum absolute atomic E-state index is 0.259. The van der Waals surface area contributed by atoms with Gasteiger partial charge in [-0.15, -0.1) is 0 Å². The van der Waals surface area contributed by atoms with Crippen molar-refractivity contribution >= 4 is 23.7 Å². The Morgan fingerprint density at radius 2 is 2.36 bits per heavy atom. The van der Waals surface area contributed by atoms with Crippen LogP contribution < -0.4 is 11.6 Å². The van der Waals surface area contributed by atoms with Gasteiger partial charge in [0, 0.05) is 11.8 Å². The van der Waals surface area contributed by atoms with E-state index in [0.717, 1.165) is 5.65 Å².